The van der Waals surface area contributed by atoms with Gasteiger partial charge in [0.15, 0.2) is 0 Å². The Morgan fingerprint density at radius 1 is 1.12 bits per heavy atom. The molecule has 0 aliphatic rings. The molecular formula is C13H13N3. The van der Waals surface area contributed by atoms with Crippen molar-refractivity contribution in [2.24, 2.45) is 0 Å². The summed E-state index contributed by atoms with van der Waals surface area (Å²) in [7, 11) is 0. The van der Waals surface area contributed by atoms with Crippen LogP contribution in [0.4, 0.5) is 0 Å². The van der Waals surface area contributed by atoms with Gasteiger partial charge in [-0.1, -0.05) is 6.07 Å². The third kappa shape index (κ3) is 1.67. The van der Waals surface area contributed by atoms with E-state index in [2.05, 4.69) is 34.7 Å². The van der Waals surface area contributed by atoms with Gasteiger partial charge in [-0.05, 0) is 41.3 Å². The Kier molecular flexibility index (Phi) is 2.14. The molecule has 0 radical (unpaired) electrons. The number of nitrogens with one attached hydrogen (secondary N) is 2. The minimum atomic E-state index is 0.829. The molecule has 3 rings (SSSR count). The first-order valence-electron chi connectivity index (χ1n) is 5.35. The molecule has 1 aromatic carbocycles. The van der Waals surface area contributed by atoms with Crippen LogP contribution in [0, 0.1) is 0 Å². The number of nitrogens with zero attached hydrogens (tertiary/aromatic N) is 1. The highest BCUT2D eigenvalue weighted by Crippen LogP contribution is 2.14. The fraction of sp³-hybridized carbons (Fsp3) is 0.0769. The zero-order valence-electron chi connectivity index (χ0n) is 8.85. The summed E-state index contributed by atoms with van der Waals surface area (Å²) >= 11 is 0. The van der Waals surface area contributed by atoms with Crippen LogP contribution >= 0.6 is 0 Å². The maximum atomic E-state index is 3.30. The predicted octanol–water partition coefficient (Wildman–Crippen LogP) is 2.71. The van der Waals surface area contributed by atoms with Gasteiger partial charge in [-0.2, -0.15) is 0 Å². The molecule has 0 bridgehead atoms. The van der Waals surface area contributed by atoms with Gasteiger partial charge >= 0.3 is 0 Å². The van der Waals surface area contributed by atoms with Crippen LogP contribution in [0.25, 0.3) is 10.9 Å². The monoisotopic (exact) mass is 211 g/mol. The highest BCUT2D eigenvalue weighted by atomic mass is 15.4. The summed E-state index contributed by atoms with van der Waals surface area (Å²) < 4.78 is 1.96. The Morgan fingerprint density at radius 2 is 2.00 bits per heavy atom. The van der Waals surface area contributed by atoms with Crippen molar-refractivity contribution in [3.8, 4) is 0 Å². The fourth-order valence-electron chi connectivity index (χ4n) is 1.84. The molecule has 2 N–H and O–H groups in total. The molecule has 3 nitrogen and oxygen atoms in total. The second kappa shape index (κ2) is 3.77. The zero-order chi connectivity index (χ0) is 10.8. The van der Waals surface area contributed by atoms with Gasteiger partial charge in [0, 0.05) is 24.1 Å². The standard InChI is InChI=1S/C13H13N3/c1-2-8-16(7-1)15-10-11-3-4-13-12(9-11)5-6-14-13/h1-9,14-15H,10H2. The number of fused-ring (bicyclic) bond motifs is 1. The number of aromatic nitrogens is 2. The largest absolute Gasteiger partial charge is 0.361 e. The average Bonchev–Trinajstić information content (AvgIpc) is 2.97. The molecule has 0 fully saturated rings. The Hall–Kier alpha value is -2.16. The van der Waals surface area contributed by atoms with Crippen molar-refractivity contribution in [3.05, 3.63) is 60.6 Å². The molecule has 2 aromatic heterocycles. The van der Waals surface area contributed by atoms with Gasteiger partial charge in [0.1, 0.15) is 0 Å². The number of rotatable bonds is 3. The lowest BCUT2D eigenvalue weighted by molar-refractivity contribution is 0.848. The van der Waals surface area contributed by atoms with E-state index >= 15 is 0 Å². The Labute approximate surface area is 93.7 Å². The number of hydrogen-bond donors (Lipinski definition) is 2. The van der Waals surface area contributed by atoms with E-state index in [9.17, 15) is 0 Å². The maximum Gasteiger partial charge on any atom is 0.0564 e. The van der Waals surface area contributed by atoms with Crippen LogP contribution in [0.5, 0.6) is 0 Å². The SMILES string of the molecule is c1ccn(NCc2ccc3[nH]ccc3c2)c1. The van der Waals surface area contributed by atoms with Gasteiger partial charge in [-0.15, -0.1) is 0 Å². The minimum absolute atomic E-state index is 0.829. The molecule has 0 aliphatic carbocycles. The molecule has 2 heterocycles. The summed E-state index contributed by atoms with van der Waals surface area (Å²) in [6.07, 6.45) is 5.96. The van der Waals surface area contributed by atoms with Crippen molar-refractivity contribution >= 4 is 10.9 Å². The summed E-state index contributed by atoms with van der Waals surface area (Å²) in [4.78, 5) is 3.19. The number of H-pyrrole nitrogens is 1. The third-order valence-corrected chi connectivity index (χ3v) is 2.69. The molecular weight excluding hydrogens is 198 g/mol. The Balaban J connectivity index is 1.78. The lowest BCUT2D eigenvalue weighted by Crippen LogP contribution is -2.11. The van der Waals surface area contributed by atoms with Gasteiger partial charge in [0.05, 0.1) is 6.54 Å². The zero-order valence-corrected chi connectivity index (χ0v) is 8.85. The smallest absolute Gasteiger partial charge is 0.0564 e. The minimum Gasteiger partial charge on any atom is -0.361 e. The first-order chi connectivity index (χ1) is 7.92. The van der Waals surface area contributed by atoms with E-state index in [0.29, 0.717) is 0 Å². The molecule has 3 heteroatoms. The van der Waals surface area contributed by atoms with Crippen LogP contribution < -0.4 is 5.43 Å². The van der Waals surface area contributed by atoms with E-state index in [4.69, 9.17) is 0 Å². The Bertz CT molecular complexity index is 578. The molecule has 3 aromatic rings. The molecule has 80 valence electrons. The summed E-state index contributed by atoms with van der Waals surface area (Å²) in [6, 6.07) is 12.5. The summed E-state index contributed by atoms with van der Waals surface area (Å²) in [6.45, 7) is 0.829. The second-order valence-corrected chi connectivity index (χ2v) is 3.82. The molecule has 16 heavy (non-hydrogen) atoms. The van der Waals surface area contributed by atoms with E-state index in [1.165, 1.54) is 16.5 Å². The van der Waals surface area contributed by atoms with Gasteiger partial charge in [0.2, 0.25) is 0 Å². The van der Waals surface area contributed by atoms with Crippen molar-refractivity contribution in [1.82, 2.24) is 9.66 Å². The van der Waals surface area contributed by atoms with Crippen molar-refractivity contribution in [2.75, 3.05) is 5.43 Å². The molecule has 0 saturated carbocycles. The van der Waals surface area contributed by atoms with Crippen molar-refractivity contribution < 1.29 is 0 Å². The number of benzene rings is 1. The van der Waals surface area contributed by atoms with Crippen LogP contribution in [-0.2, 0) is 6.54 Å². The van der Waals surface area contributed by atoms with E-state index in [0.717, 1.165) is 6.54 Å². The normalized spacial score (nSPS) is 10.8. The van der Waals surface area contributed by atoms with Crippen molar-refractivity contribution in [2.45, 2.75) is 6.54 Å². The quantitative estimate of drug-likeness (QED) is 0.686. The molecule has 0 saturated heterocycles. The second-order valence-electron chi connectivity index (χ2n) is 3.82. The molecule has 0 spiro atoms. The Morgan fingerprint density at radius 3 is 2.88 bits per heavy atom. The van der Waals surface area contributed by atoms with Crippen LogP contribution in [-0.4, -0.2) is 9.66 Å². The van der Waals surface area contributed by atoms with Gasteiger partial charge in [0.25, 0.3) is 0 Å². The van der Waals surface area contributed by atoms with Crippen molar-refractivity contribution in [3.63, 3.8) is 0 Å². The van der Waals surface area contributed by atoms with E-state index in [-0.39, 0.29) is 0 Å². The molecule has 0 aliphatic heterocycles. The maximum absolute atomic E-state index is 3.30. The van der Waals surface area contributed by atoms with Crippen LogP contribution in [0.1, 0.15) is 5.56 Å². The van der Waals surface area contributed by atoms with E-state index < -0.39 is 0 Å². The number of aromatic amines is 1. The molecule has 0 unspecified atom stereocenters. The van der Waals surface area contributed by atoms with Crippen LogP contribution in [0.2, 0.25) is 0 Å². The third-order valence-electron chi connectivity index (χ3n) is 2.69. The number of hydrogen-bond acceptors (Lipinski definition) is 1. The van der Waals surface area contributed by atoms with Gasteiger partial charge < -0.3 is 10.4 Å². The molecule has 0 amide bonds. The van der Waals surface area contributed by atoms with E-state index in [1.807, 2.05) is 35.4 Å². The van der Waals surface area contributed by atoms with Gasteiger partial charge in [-0.3, -0.25) is 4.68 Å². The lowest BCUT2D eigenvalue weighted by atomic mass is 10.1. The predicted molar refractivity (Wildman–Crippen MR) is 65.8 cm³/mol. The van der Waals surface area contributed by atoms with Crippen LogP contribution in [0.15, 0.2) is 55.0 Å². The lowest BCUT2D eigenvalue weighted by Gasteiger charge is -2.07. The highest BCUT2D eigenvalue weighted by molar-refractivity contribution is 5.79. The van der Waals surface area contributed by atoms with Crippen LogP contribution in [0.3, 0.4) is 0 Å². The van der Waals surface area contributed by atoms with E-state index in [1.54, 1.807) is 0 Å². The highest BCUT2D eigenvalue weighted by Gasteiger charge is 1.96. The first-order valence-corrected chi connectivity index (χ1v) is 5.35. The summed E-state index contributed by atoms with van der Waals surface area (Å²) in [5.74, 6) is 0. The first kappa shape index (κ1) is 9.09. The van der Waals surface area contributed by atoms with Crippen molar-refractivity contribution in [1.29, 1.82) is 0 Å². The van der Waals surface area contributed by atoms with Gasteiger partial charge in [-0.25, -0.2) is 0 Å². The summed E-state index contributed by atoms with van der Waals surface area (Å²) in [5.41, 5.74) is 5.77. The topological polar surface area (TPSA) is 32.8 Å². The fourth-order valence-corrected chi connectivity index (χ4v) is 1.84. The summed E-state index contributed by atoms with van der Waals surface area (Å²) in [5, 5.41) is 1.26. The molecule has 0 atom stereocenters. The average molecular weight is 211 g/mol.